The van der Waals surface area contributed by atoms with E-state index < -0.39 is 0 Å². The Morgan fingerprint density at radius 1 is 1.23 bits per heavy atom. The summed E-state index contributed by atoms with van der Waals surface area (Å²) in [7, 11) is 0. The molecule has 1 heterocycles. The maximum absolute atomic E-state index is 13.3. The van der Waals surface area contributed by atoms with Gasteiger partial charge in [-0.1, -0.05) is 23.7 Å². The van der Waals surface area contributed by atoms with Crippen LogP contribution in [0, 0.1) is 5.82 Å². The first-order valence-corrected chi connectivity index (χ1v) is 7.30. The highest BCUT2D eigenvalue weighted by Gasteiger charge is 2.12. The highest BCUT2D eigenvalue weighted by Crippen LogP contribution is 2.19. The molecule has 0 saturated heterocycles. The lowest BCUT2D eigenvalue weighted by molar-refractivity contribution is 0.0956. The summed E-state index contributed by atoms with van der Waals surface area (Å²) in [4.78, 5) is 15.2. The summed E-state index contributed by atoms with van der Waals surface area (Å²) < 4.78 is 13.3. The smallest absolute Gasteiger partial charge is 0.253 e. The normalized spacial score (nSPS) is 10.8. The van der Waals surface area contributed by atoms with Crippen molar-refractivity contribution in [3.8, 4) is 0 Å². The Labute approximate surface area is 132 Å². The SMILES string of the molecule is O=C(NCCc1cccc(Cl)c1)c1c[nH]c2ccc(F)cc12. The van der Waals surface area contributed by atoms with Crippen LogP contribution < -0.4 is 5.32 Å². The maximum atomic E-state index is 13.3. The van der Waals surface area contributed by atoms with Crippen LogP contribution in [-0.4, -0.2) is 17.4 Å². The Balaban J connectivity index is 1.67. The lowest BCUT2D eigenvalue weighted by Crippen LogP contribution is -2.25. The van der Waals surface area contributed by atoms with Crippen LogP contribution >= 0.6 is 11.6 Å². The van der Waals surface area contributed by atoms with Gasteiger partial charge in [0.2, 0.25) is 0 Å². The molecule has 2 aromatic carbocycles. The molecule has 0 unspecified atom stereocenters. The number of hydrogen-bond acceptors (Lipinski definition) is 1. The summed E-state index contributed by atoms with van der Waals surface area (Å²) in [6, 6.07) is 11.9. The van der Waals surface area contributed by atoms with E-state index in [2.05, 4.69) is 10.3 Å². The summed E-state index contributed by atoms with van der Waals surface area (Å²) in [6.07, 6.45) is 2.28. The molecule has 1 amide bonds. The van der Waals surface area contributed by atoms with E-state index in [1.54, 1.807) is 12.3 Å². The Morgan fingerprint density at radius 2 is 2.09 bits per heavy atom. The van der Waals surface area contributed by atoms with E-state index in [1.165, 1.54) is 12.1 Å². The van der Waals surface area contributed by atoms with E-state index in [4.69, 9.17) is 11.6 Å². The first kappa shape index (κ1) is 14.6. The molecule has 5 heteroatoms. The molecule has 3 nitrogen and oxygen atoms in total. The van der Waals surface area contributed by atoms with Crippen LogP contribution in [0.4, 0.5) is 4.39 Å². The molecular weight excluding hydrogens is 303 g/mol. The van der Waals surface area contributed by atoms with Crippen molar-refractivity contribution < 1.29 is 9.18 Å². The third-order valence-electron chi connectivity index (χ3n) is 3.48. The molecule has 0 spiro atoms. The number of amides is 1. The van der Waals surface area contributed by atoms with Gasteiger partial charge in [0.15, 0.2) is 0 Å². The van der Waals surface area contributed by atoms with E-state index in [-0.39, 0.29) is 11.7 Å². The molecule has 22 heavy (non-hydrogen) atoms. The standard InChI is InChI=1S/C17H14ClFN2O/c18-12-3-1-2-11(8-12)6-7-20-17(22)15-10-21-16-5-4-13(19)9-14(15)16/h1-5,8-10,21H,6-7H2,(H,20,22). The van der Waals surface area contributed by atoms with Crippen LogP contribution in [0.2, 0.25) is 5.02 Å². The van der Waals surface area contributed by atoms with Gasteiger partial charge in [0.25, 0.3) is 5.91 Å². The molecule has 0 atom stereocenters. The minimum atomic E-state index is -0.361. The predicted octanol–water partition coefficient (Wildman–Crippen LogP) is 3.93. The van der Waals surface area contributed by atoms with Gasteiger partial charge in [-0.2, -0.15) is 0 Å². The fourth-order valence-corrected chi connectivity index (χ4v) is 2.60. The van der Waals surface area contributed by atoms with Gasteiger partial charge in [-0.15, -0.1) is 0 Å². The predicted molar refractivity (Wildman–Crippen MR) is 85.7 cm³/mol. The number of benzene rings is 2. The van der Waals surface area contributed by atoms with Gasteiger partial charge >= 0.3 is 0 Å². The second-order valence-electron chi connectivity index (χ2n) is 5.03. The maximum Gasteiger partial charge on any atom is 0.253 e. The molecule has 0 aliphatic carbocycles. The zero-order valence-corrected chi connectivity index (χ0v) is 12.5. The van der Waals surface area contributed by atoms with Gasteiger partial charge in [0, 0.05) is 28.7 Å². The Kier molecular flexibility index (Phi) is 4.11. The van der Waals surface area contributed by atoms with Gasteiger partial charge in [-0.25, -0.2) is 4.39 Å². The molecule has 0 aliphatic heterocycles. The lowest BCUT2D eigenvalue weighted by atomic mass is 10.1. The summed E-state index contributed by atoms with van der Waals surface area (Å²) in [5.74, 6) is -0.584. The third-order valence-corrected chi connectivity index (χ3v) is 3.71. The van der Waals surface area contributed by atoms with E-state index in [0.717, 1.165) is 11.1 Å². The first-order valence-electron chi connectivity index (χ1n) is 6.93. The Bertz CT molecular complexity index is 828. The summed E-state index contributed by atoms with van der Waals surface area (Å²) >= 11 is 5.92. The molecule has 0 saturated carbocycles. The summed E-state index contributed by atoms with van der Waals surface area (Å²) in [5.41, 5.74) is 2.24. The zero-order valence-electron chi connectivity index (χ0n) is 11.7. The minimum Gasteiger partial charge on any atom is -0.360 e. The zero-order chi connectivity index (χ0) is 15.5. The fraction of sp³-hybridized carbons (Fsp3) is 0.118. The van der Waals surface area contributed by atoms with Crippen molar-refractivity contribution in [1.82, 2.24) is 10.3 Å². The molecule has 0 fully saturated rings. The van der Waals surface area contributed by atoms with E-state index in [9.17, 15) is 9.18 Å². The third kappa shape index (κ3) is 3.12. The second kappa shape index (κ2) is 6.20. The number of rotatable bonds is 4. The molecule has 2 N–H and O–H groups in total. The monoisotopic (exact) mass is 316 g/mol. The van der Waals surface area contributed by atoms with Gasteiger partial charge in [-0.05, 0) is 42.3 Å². The number of nitrogens with one attached hydrogen (secondary N) is 2. The van der Waals surface area contributed by atoms with Crippen LogP contribution in [0.5, 0.6) is 0 Å². The molecule has 0 radical (unpaired) electrons. The molecule has 1 aromatic heterocycles. The van der Waals surface area contributed by atoms with Crippen molar-refractivity contribution in [3.63, 3.8) is 0 Å². The first-order chi connectivity index (χ1) is 10.6. The number of H-pyrrole nitrogens is 1. The van der Waals surface area contributed by atoms with Crippen molar-refractivity contribution in [1.29, 1.82) is 0 Å². The Hall–Kier alpha value is -2.33. The van der Waals surface area contributed by atoms with Crippen molar-refractivity contribution in [3.05, 3.63) is 70.6 Å². The largest absolute Gasteiger partial charge is 0.360 e. The average Bonchev–Trinajstić information content (AvgIpc) is 2.90. The van der Waals surface area contributed by atoms with Crippen LogP contribution in [-0.2, 0) is 6.42 Å². The van der Waals surface area contributed by atoms with Gasteiger partial charge in [-0.3, -0.25) is 4.79 Å². The van der Waals surface area contributed by atoms with E-state index in [1.807, 2.05) is 24.3 Å². The number of halogens is 2. The molecule has 3 aromatic rings. The van der Waals surface area contributed by atoms with Crippen molar-refractivity contribution in [2.24, 2.45) is 0 Å². The number of carbonyl (C=O) groups is 1. The fourth-order valence-electron chi connectivity index (χ4n) is 2.39. The van der Waals surface area contributed by atoms with Crippen molar-refractivity contribution in [2.45, 2.75) is 6.42 Å². The molecule has 112 valence electrons. The molecular formula is C17H14ClFN2O. The quantitative estimate of drug-likeness (QED) is 0.752. The topological polar surface area (TPSA) is 44.9 Å². The molecule has 3 rings (SSSR count). The second-order valence-corrected chi connectivity index (χ2v) is 5.46. The number of aromatic amines is 1. The molecule has 0 aliphatic rings. The number of hydrogen-bond donors (Lipinski definition) is 2. The van der Waals surface area contributed by atoms with Gasteiger partial charge in [0.05, 0.1) is 5.56 Å². The van der Waals surface area contributed by atoms with Crippen LogP contribution in [0.15, 0.2) is 48.7 Å². The van der Waals surface area contributed by atoms with Crippen LogP contribution in [0.25, 0.3) is 10.9 Å². The summed E-state index contributed by atoms with van der Waals surface area (Å²) in [5, 5.41) is 4.10. The van der Waals surface area contributed by atoms with Crippen molar-refractivity contribution in [2.75, 3.05) is 6.54 Å². The van der Waals surface area contributed by atoms with E-state index >= 15 is 0 Å². The van der Waals surface area contributed by atoms with Crippen molar-refractivity contribution >= 4 is 28.4 Å². The highest BCUT2D eigenvalue weighted by molar-refractivity contribution is 6.30. The highest BCUT2D eigenvalue weighted by atomic mass is 35.5. The molecule has 0 bridgehead atoms. The average molecular weight is 317 g/mol. The van der Waals surface area contributed by atoms with Gasteiger partial charge in [0.1, 0.15) is 5.82 Å². The summed E-state index contributed by atoms with van der Waals surface area (Å²) in [6.45, 7) is 0.487. The number of aromatic nitrogens is 1. The Morgan fingerprint density at radius 3 is 2.91 bits per heavy atom. The van der Waals surface area contributed by atoms with Crippen LogP contribution in [0.3, 0.4) is 0 Å². The number of fused-ring (bicyclic) bond motifs is 1. The lowest BCUT2D eigenvalue weighted by Gasteiger charge is -2.05. The number of carbonyl (C=O) groups excluding carboxylic acids is 1. The van der Waals surface area contributed by atoms with Gasteiger partial charge < -0.3 is 10.3 Å². The van der Waals surface area contributed by atoms with Crippen LogP contribution in [0.1, 0.15) is 15.9 Å². The minimum absolute atomic E-state index is 0.223. The van der Waals surface area contributed by atoms with E-state index in [0.29, 0.717) is 28.9 Å².